The molecule has 0 N–H and O–H groups in total. The number of rotatable bonds is 4. The number of benzene rings is 1. The number of halogens is 1. The van der Waals surface area contributed by atoms with Crippen molar-refractivity contribution in [3.05, 3.63) is 46.8 Å². The van der Waals surface area contributed by atoms with Gasteiger partial charge in [-0.15, -0.1) is 0 Å². The first kappa shape index (κ1) is 16.5. The van der Waals surface area contributed by atoms with Crippen LogP contribution >= 0.6 is 11.6 Å². The zero-order chi connectivity index (χ0) is 17.1. The Bertz CT molecular complexity index is 742. The molecule has 126 valence electrons. The maximum absolute atomic E-state index is 12.4. The first-order valence-electron chi connectivity index (χ1n) is 7.79. The molecule has 7 heteroatoms. The van der Waals surface area contributed by atoms with Crippen molar-refractivity contribution in [3.8, 4) is 0 Å². The second kappa shape index (κ2) is 7.05. The lowest BCUT2D eigenvalue weighted by atomic mass is 10.1. The van der Waals surface area contributed by atoms with Crippen molar-refractivity contribution in [1.29, 1.82) is 0 Å². The van der Waals surface area contributed by atoms with Gasteiger partial charge in [-0.3, -0.25) is 9.59 Å². The molecule has 1 aromatic heterocycles. The summed E-state index contributed by atoms with van der Waals surface area (Å²) in [4.78, 5) is 27.9. The van der Waals surface area contributed by atoms with E-state index in [9.17, 15) is 9.59 Å². The number of amides is 2. The summed E-state index contributed by atoms with van der Waals surface area (Å²) in [6.07, 6.45) is 0.689. The third-order valence-corrected chi connectivity index (χ3v) is 4.21. The molecule has 1 aliphatic rings. The molecule has 6 nitrogen and oxygen atoms in total. The molecule has 2 amide bonds. The van der Waals surface area contributed by atoms with E-state index in [1.807, 2.05) is 31.2 Å². The van der Waals surface area contributed by atoms with Gasteiger partial charge in [-0.25, -0.2) is 0 Å². The maximum atomic E-state index is 12.4. The molecule has 1 aliphatic heterocycles. The number of piperazine rings is 1. The molecule has 0 spiro atoms. The smallest absolute Gasteiger partial charge is 0.246 e. The van der Waals surface area contributed by atoms with Crippen molar-refractivity contribution in [1.82, 2.24) is 10.1 Å². The number of aromatic nitrogens is 1. The third kappa shape index (κ3) is 3.76. The highest BCUT2D eigenvalue weighted by Gasteiger charge is 2.27. The average molecular weight is 348 g/mol. The topological polar surface area (TPSA) is 66.7 Å². The molecule has 3 rings (SSSR count). The molecule has 0 radical (unpaired) electrons. The van der Waals surface area contributed by atoms with E-state index in [-0.39, 0.29) is 29.9 Å². The molecule has 2 heterocycles. The van der Waals surface area contributed by atoms with Crippen molar-refractivity contribution >= 4 is 29.1 Å². The van der Waals surface area contributed by atoms with Gasteiger partial charge in [0.25, 0.3) is 0 Å². The highest BCUT2D eigenvalue weighted by molar-refractivity contribution is 6.29. The van der Waals surface area contributed by atoms with Crippen LogP contribution in [0, 0.1) is 6.92 Å². The van der Waals surface area contributed by atoms with Crippen LogP contribution in [0.3, 0.4) is 0 Å². The van der Waals surface area contributed by atoms with E-state index in [0.717, 1.165) is 11.3 Å². The molecule has 2 aromatic rings. The van der Waals surface area contributed by atoms with Gasteiger partial charge in [0.15, 0.2) is 5.15 Å². The molecule has 0 aliphatic carbocycles. The summed E-state index contributed by atoms with van der Waals surface area (Å²) in [6, 6.07) is 9.40. The number of carbonyl (C=O) groups excluding carboxylic acids is 2. The van der Waals surface area contributed by atoms with Crippen LogP contribution < -0.4 is 4.90 Å². The van der Waals surface area contributed by atoms with Gasteiger partial charge in [0.05, 0.1) is 0 Å². The lowest BCUT2D eigenvalue weighted by molar-refractivity contribution is -0.136. The summed E-state index contributed by atoms with van der Waals surface area (Å²) >= 11 is 5.68. The largest absolute Gasteiger partial charge is 0.360 e. The van der Waals surface area contributed by atoms with Crippen LogP contribution in [-0.2, 0) is 16.0 Å². The van der Waals surface area contributed by atoms with Crippen molar-refractivity contribution in [2.24, 2.45) is 0 Å². The van der Waals surface area contributed by atoms with Crippen molar-refractivity contribution in [3.63, 3.8) is 0 Å². The second-order valence-corrected chi connectivity index (χ2v) is 6.20. The fourth-order valence-corrected chi connectivity index (χ4v) is 2.83. The Morgan fingerprint density at radius 1 is 1.29 bits per heavy atom. The molecular formula is C17H18ClN3O3. The average Bonchev–Trinajstić information content (AvgIpc) is 2.99. The lowest BCUT2D eigenvalue weighted by Gasteiger charge is -2.34. The molecular weight excluding hydrogens is 330 g/mol. The molecule has 0 unspecified atom stereocenters. The molecule has 1 saturated heterocycles. The van der Waals surface area contributed by atoms with E-state index < -0.39 is 0 Å². The normalized spacial score (nSPS) is 15.0. The van der Waals surface area contributed by atoms with Crippen LogP contribution in [0.2, 0.25) is 5.15 Å². The standard InChI is InChI=1S/C17H18ClN3O3/c1-12-2-4-13(5-3-12)21-9-8-20(11-17(21)23)16(22)7-6-14-10-15(18)19-24-14/h2-5,10H,6-9,11H2,1H3. The van der Waals surface area contributed by atoms with E-state index >= 15 is 0 Å². The Kier molecular flexibility index (Phi) is 4.85. The van der Waals surface area contributed by atoms with Crippen LogP contribution in [0.25, 0.3) is 0 Å². The van der Waals surface area contributed by atoms with Gasteiger partial charge in [-0.05, 0) is 19.1 Å². The number of carbonyl (C=O) groups is 2. The number of hydrogen-bond acceptors (Lipinski definition) is 4. The van der Waals surface area contributed by atoms with E-state index in [1.165, 1.54) is 0 Å². The van der Waals surface area contributed by atoms with Gasteiger partial charge >= 0.3 is 0 Å². The predicted octanol–water partition coefficient (Wildman–Crippen LogP) is 2.44. The van der Waals surface area contributed by atoms with Gasteiger partial charge in [0, 0.05) is 37.7 Å². The van der Waals surface area contributed by atoms with Gasteiger partial charge in [0.2, 0.25) is 11.8 Å². The van der Waals surface area contributed by atoms with Crippen molar-refractivity contribution < 1.29 is 14.1 Å². The quantitative estimate of drug-likeness (QED) is 0.852. The first-order chi connectivity index (χ1) is 11.5. The third-order valence-electron chi connectivity index (χ3n) is 4.03. The van der Waals surface area contributed by atoms with Crippen LogP contribution in [0.1, 0.15) is 17.7 Å². The minimum absolute atomic E-state index is 0.0684. The van der Waals surface area contributed by atoms with Crippen molar-refractivity contribution in [2.45, 2.75) is 19.8 Å². The van der Waals surface area contributed by atoms with Gasteiger partial charge in [-0.1, -0.05) is 34.5 Å². The molecule has 1 aromatic carbocycles. The van der Waals surface area contributed by atoms with Gasteiger partial charge in [-0.2, -0.15) is 0 Å². The monoisotopic (exact) mass is 347 g/mol. The Morgan fingerprint density at radius 2 is 2.04 bits per heavy atom. The predicted molar refractivity (Wildman–Crippen MR) is 89.9 cm³/mol. The van der Waals surface area contributed by atoms with Gasteiger partial charge in [0.1, 0.15) is 12.3 Å². The molecule has 1 fully saturated rings. The van der Waals surface area contributed by atoms with Crippen molar-refractivity contribution in [2.75, 3.05) is 24.5 Å². The van der Waals surface area contributed by atoms with Crippen LogP contribution in [0.4, 0.5) is 5.69 Å². The number of aryl methyl sites for hydroxylation is 2. The van der Waals surface area contributed by atoms with E-state index in [0.29, 0.717) is 25.3 Å². The van der Waals surface area contributed by atoms with Crippen LogP contribution in [0.5, 0.6) is 0 Å². The number of anilines is 1. The number of hydrogen-bond donors (Lipinski definition) is 0. The molecule has 0 saturated carbocycles. The Hall–Kier alpha value is -2.34. The highest BCUT2D eigenvalue weighted by atomic mass is 35.5. The molecule has 24 heavy (non-hydrogen) atoms. The van der Waals surface area contributed by atoms with E-state index in [2.05, 4.69) is 5.16 Å². The summed E-state index contributed by atoms with van der Waals surface area (Å²) in [7, 11) is 0. The fraction of sp³-hybridized carbons (Fsp3) is 0.353. The summed E-state index contributed by atoms with van der Waals surface area (Å²) in [5.41, 5.74) is 2.02. The minimum Gasteiger partial charge on any atom is -0.360 e. The zero-order valence-corrected chi connectivity index (χ0v) is 14.1. The second-order valence-electron chi connectivity index (χ2n) is 5.81. The molecule has 0 atom stereocenters. The lowest BCUT2D eigenvalue weighted by Crippen LogP contribution is -2.52. The van der Waals surface area contributed by atoms with Crippen LogP contribution in [0.15, 0.2) is 34.9 Å². The summed E-state index contributed by atoms with van der Waals surface area (Å²) in [6.45, 7) is 3.13. The van der Waals surface area contributed by atoms with E-state index in [1.54, 1.807) is 15.9 Å². The van der Waals surface area contributed by atoms with E-state index in [4.69, 9.17) is 16.1 Å². The molecule has 0 bridgehead atoms. The highest BCUT2D eigenvalue weighted by Crippen LogP contribution is 2.19. The summed E-state index contributed by atoms with van der Waals surface area (Å²) in [5.74, 6) is 0.429. The number of nitrogens with zero attached hydrogens (tertiary/aromatic N) is 3. The Morgan fingerprint density at radius 3 is 2.67 bits per heavy atom. The Balaban J connectivity index is 1.55. The zero-order valence-electron chi connectivity index (χ0n) is 13.4. The Labute approximate surface area is 145 Å². The SMILES string of the molecule is Cc1ccc(N2CCN(C(=O)CCc3cc(Cl)no3)CC2=O)cc1. The summed E-state index contributed by atoms with van der Waals surface area (Å²) < 4.78 is 4.98. The maximum Gasteiger partial charge on any atom is 0.246 e. The van der Waals surface area contributed by atoms with Crippen LogP contribution in [-0.4, -0.2) is 41.5 Å². The van der Waals surface area contributed by atoms with Gasteiger partial charge < -0.3 is 14.3 Å². The fourth-order valence-electron chi connectivity index (χ4n) is 2.68. The first-order valence-corrected chi connectivity index (χ1v) is 8.16. The minimum atomic E-state index is -0.0700. The summed E-state index contributed by atoms with van der Waals surface area (Å²) in [5, 5.41) is 3.85.